The fourth-order valence-electron chi connectivity index (χ4n) is 3.41. The van der Waals surface area contributed by atoms with Gasteiger partial charge in [0.05, 0.1) is 10.2 Å². The van der Waals surface area contributed by atoms with Gasteiger partial charge in [-0.3, -0.25) is 0 Å². The first-order valence-electron chi connectivity index (χ1n) is 9.95. The van der Waals surface area contributed by atoms with Gasteiger partial charge in [0.1, 0.15) is 0 Å². The van der Waals surface area contributed by atoms with E-state index >= 15 is 0 Å². The maximum atomic E-state index is 6.15. The second-order valence-corrected chi connectivity index (χ2v) is 13.5. The lowest BCUT2D eigenvalue weighted by Crippen LogP contribution is -2.49. The summed E-state index contributed by atoms with van der Waals surface area (Å²) in [6, 6.07) is 8.13. The molecule has 0 fully saturated rings. The molecule has 1 aromatic carbocycles. The molecular weight excluding hydrogens is 400 g/mol. The van der Waals surface area contributed by atoms with Crippen molar-refractivity contribution in [1.29, 1.82) is 0 Å². The summed E-state index contributed by atoms with van der Waals surface area (Å²) in [4.78, 5) is 0. The van der Waals surface area contributed by atoms with Gasteiger partial charge in [-0.05, 0) is 56.7 Å². The van der Waals surface area contributed by atoms with Gasteiger partial charge in [0.25, 0.3) is 0 Å². The Morgan fingerprint density at radius 2 is 1.18 bits per heavy atom. The Morgan fingerprint density at radius 1 is 0.821 bits per heavy atom. The summed E-state index contributed by atoms with van der Waals surface area (Å²) >= 11 is 0. The van der Waals surface area contributed by atoms with Crippen LogP contribution in [0.1, 0.15) is 39.2 Å². The van der Waals surface area contributed by atoms with E-state index in [1.165, 1.54) is 0 Å². The first-order valence-corrected chi connectivity index (χ1v) is 15.1. The van der Waals surface area contributed by atoms with Crippen molar-refractivity contribution in [2.75, 3.05) is 26.4 Å². The molecule has 0 saturated heterocycles. The van der Waals surface area contributed by atoms with Gasteiger partial charge in [0.2, 0.25) is 0 Å². The number of allylic oxidation sites excluding steroid dienone is 2. The zero-order valence-electron chi connectivity index (χ0n) is 18.3. The third kappa shape index (κ3) is 5.85. The molecule has 3 radical (unpaired) electrons. The van der Waals surface area contributed by atoms with E-state index in [9.17, 15) is 0 Å². The molecule has 1 aromatic rings. The molecule has 155 valence electrons. The Balaban J connectivity index is 3.55. The predicted molar refractivity (Wildman–Crippen MR) is 123 cm³/mol. The van der Waals surface area contributed by atoms with Gasteiger partial charge in [-0.2, -0.15) is 0 Å². The Bertz CT molecular complexity index is 617. The van der Waals surface area contributed by atoms with Crippen LogP contribution in [-0.4, -0.2) is 53.8 Å². The quantitative estimate of drug-likeness (QED) is 0.438. The molecule has 0 atom stereocenters. The highest BCUT2D eigenvalue weighted by molar-refractivity contribution is 6.77. The first-order chi connectivity index (χ1) is 13.2. The van der Waals surface area contributed by atoms with Crippen LogP contribution in [0.4, 0.5) is 0 Å². The van der Waals surface area contributed by atoms with Crippen molar-refractivity contribution in [3.8, 4) is 0 Å². The van der Waals surface area contributed by atoms with Crippen LogP contribution in [-0.2, 0) is 17.7 Å². The highest BCUT2D eigenvalue weighted by Gasteiger charge is 2.46. The molecule has 0 aliphatic heterocycles. The zero-order valence-corrected chi connectivity index (χ0v) is 21.3. The average Bonchev–Trinajstić information content (AvgIpc) is 2.64. The summed E-state index contributed by atoms with van der Waals surface area (Å²) < 4.78 is 24.6. The topological polar surface area (TPSA) is 36.9 Å². The van der Waals surface area contributed by atoms with Crippen LogP contribution in [0.5, 0.6) is 0 Å². The minimum absolute atomic E-state index is 0.182. The molecule has 7 heteroatoms. The van der Waals surface area contributed by atoms with E-state index in [2.05, 4.69) is 42.6 Å². The lowest BCUT2D eigenvalue weighted by Gasteiger charge is -2.38. The number of rotatable bonds is 13. The van der Waals surface area contributed by atoms with E-state index < -0.39 is 17.1 Å². The van der Waals surface area contributed by atoms with Gasteiger partial charge in [-0.1, -0.05) is 42.6 Å². The molecule has 0 aromatic heterocycles. The van der Waals surface area contributed by atoms with Gasteiger partial charge in [-0.25, -0.2) is 0 Å². The Kier molecular flexibility index (Phi) is 10.3. The summed E-state index contributed by atoms with van der Waals surface area (Å²) in [5.41, 5.74) is 1.07. The van der Waals surface area contributed by atoms with E-state index in [0.717, 1.165) is 21.1 Å². The molecule has 1 rings (SSSR count). The van der Waals surface area contributed by atoms with Crippen molar-refractivity contribution in [2.45, 2.75) is 46.7 Å². The molecule has 0 aliphatic carbocycles. The fraction of sp³-hybridized carbons (Fsp3) is 0.524. The lowest BCUT2D eigenvalue weighted by atomic mass is 9.98. The van der Waals surface area contributed by atoms with Crippen molar-refractivity contribution in [2.24, 2.45) is 0 Å². The normalized spacial score (nSPS) is 12.4. The van der Waals surface area contributed by atoms with Crippen LogP contribution in [0.25, 0.3) is 0 Å². The summed E-state index contributed by atoms with van der Waals surface area (Å²) in [6.45, 7) is 23.3. The summed E-state index contributed by atoms with van der Waals surface area (Å²) in [7, 11) is -1.58. The Hall–Kier alpha value is -0.809. The van der Waals surface area contributed by atoms with Crippen molar-refractivity contribution in [3.63, 3.8) is 0 Å². The maximum absolute atomic E-state index is 6.15. The molecular formula is C21H35O4Si3. The molecule has 0 saturated carbocycles. The predicted octanol–water partition coefficient (Wildman–Crippen LogP) is 4.04. The Morgan fingerprint density at radius 3 is 1.50 bits per heavy atom. The van der Waals surface area contributed by atoms with Gasteiger partial charge in [0, 0.05) is 32.3 Å². The second-order valence-electron chi connectivity index (χ2n) is 6.69. The van der Waals surface area contributed by atoms with Gasteiger partial charge >= 0.3 is 17.1 Å². The van der Waals surface area contributed by atoms with E-state index in [1.54, 1.807) is 0 Å². The molecule has 0 bridgehead atoms. The van der Waals surface area contributed by atoms with Gasteiger partial charge in [0.15, 0.2) is 0 Å². The molecule has 4 nitrogen and oxygen atoms in total. The molecule has 0 N–H and O–H groups in total. The van der Waals surface area contributed by atoms with Crippen molar-refractivity contribution in [1.82, 2.24) is 0 Å². The summed E-state index contributed by atoms with van der Waals surface area (Å²) in [6.07, 6.45) is 0. The summed E-state index contributed by atoms with van der Waals surface area (Å²) in [5.74, 6) is -0.182. The standard InChI is InChI=1S/C21H35O4Si3/c1-9-22-27(7,23-10-2)17(5)21(19-15-13-14-16-20(19)26)18(6)28(8,24-11-3)25-12-4/h13-16,21H,5-6,9-12H2,1-4,7-8H3. The van der Waals surface area contributed by atoms with Crippen LogP contribution in [0.3, 0.4) is 0 Å². The van der Waals surface area contributed by atoms with Gasteiger partial charge in [-0.15, -0.1) is 0 Å². The third-order valence-corrected chi connectivity index (χ3v) is 11.5. The Labute approximate surface area is 176 Å². The first kappa shape index (κ1) is 25.2. The van der Waals surface area contributed by atoms with Crippen LogP contribution < -0.4 is 5.19 Å². The van der Waals surface area contributed by atoms with Gasteiger partial charge < -0.3 is 17.7 Å². The highest BCUT2D eigenvalue weighted by atomic mass is 28.4. The molecule has 0 aliphatic rings. The minimum Gasteiger partial charge on any atom is -0.392 e. The summed E-state index contributed by atoms with van der Waals surface area (Å²) in [5, 5.41) is 2.83. The number of hydrogen-bond acceptors (Lipinski definition) is 4. The van der Waals surface area contributed by atoms with E-state index in [1.807, 2.05) is 45.9 Å². The van der Waals surface area contributed by atoms with Crippen LogP contribution in [0.2, 0.25) is 13.1 Å². The van der Waals surface area contributed by atoms with Crippen molar-refractivity contribution in [3.05, 3.63) is 53.4 Å². The molecule has 0 amide bonds. The highest BCUT2D eigenvalue weighted by Crippen LogP contribution is 2.40. The minimum atomic E-state index is -2.67. The third-order valence-electron chi connectivity index (χ3n) is 4.81. The second kappa shape index (κ2) is 11.4. The molecule has 0 unspecified atom stereocenters. The van der Waals surface area contributed by atoms with Crippen molar-refractivity contribution >= 4 is 32.6 Å². The van der Waals surface area contributed by atoms with Crippen LogP contribution in [0, 0.1) is 0 Å². The van der Waals surface area contributed by atoms with Crippen LogP contribution in [0.15, 0.2) is 47.8 Å². The molecule has 0 spiro atoms. The molecule has 28 heavy (non-hydrogen) atoms. The largest absolute Gasteiger partial charge is 0.392 e. The van der Waals surface area contributed by atoms with Crippen molar-refractivity contribution < 1.29 is 17.7 Å². The van der Waals surface area contributed by atoms with E-state index in [4.69, 9.17) is 17.7 Å². The average molecular weight is 436 g/mol. The zero-order chi connectivity index (χ0) is 21.4. The monoisotopic (exact) mass is 435 g/mol. The SMILES string of the molecule is C=C(C(C(=C)[Si](C)(OCC)OCC)c1ccccc1[Si])[Si](C)(OCC)OCC. The number of benzene rings is 1. The van der Waals surface area contributed by atoms with E-state index in [0.29, 0.717) is 26.4 Å². The fourth-order valence-corrected chi connectivity index (χ4v) is 8.70. The molecule has 0 heterocycles. The smallest absolute Gasteiger partial charge is 0.365 e. The number of hydrogen-bond donors (Lipinski definition) is 0. The maximum Gasteiger partial charge on any atom is 0.365 e. The van der Waals surface area contributed by atoms with Crippen LogP contribution >= 0.6 is 0 Å². The lowest BCUT2D eigenvalue weighted by molar-refractivity contribution is 0.192. The van der Waals surface area contributed by atoms with E-state index in [-0.39, 0.29) is 5.92 Å².